The van der Waals surface area contributed by atoms with Crippen LogP contribution in [0.1, 0.15) is 44.6 Å². The summed E-state index contributed by atoms with van der Waals surface area (Å²) < 4.78 is 51.7. The zero-order chi connectivity index (χ0) is 20.1. The lowest BCUT2D eigenvalue weighted by atomic mass is 10.2. The molecule has 8 heteroatoms. The van der Waals surface area contributed by atoms with Crippen molar-refractivity contribution in [1.29, 1.82) is 0 Å². The van der Waals surface area contributed by atoms with E-state index in [0.717, 1.165) is 31.9 Å². The predicted molar refractivity (Wildman–Crippen MR) is 100 cm³/mol. The third-order valence-corrected chi connectivity index (χ3v) is 4.61. The highest BCUT2D eigenvalue weighted by atomic mass is 19.4. The van der Waals surface area contributed by atoms with E-state index in [1.54, 1.807) is 18.2 Å². The summed E-state index contributed by atoms with van der Waals surface area (Å²) in [6.07, 6.45) is 1.34. The van der Waals surface area contributed by atoms with Crippen molar-refractivity contribution in [1.82, 2.24) is 9.97 Å². The largest absolute Gasteiger partial charge is 0.490 e. The molecular weight excluding hydrogens is 371 g/mol. The van der Waals surface area contributed by atoms with E-state index in [9.17, 15) is 13.2 Å². The summed E-state index contributed by atoms with van der Waals surface area (Å²) in [6, 6.07) is 6.95. The summed E-state index contributed by atoms with van der Waals surface area (Å²) in [5, 5.41) is 0. The van der Waals surface area contributed by atoms with Crippen LogP contribution in [0.4, 0.5) is 24.7 Å². The topological polar surface area (TPSA) is 47.5 Å². The Labute approximate surface area is 162 Å². The van der Waals surface area contributed by atoms with E-state index in [1.165, 1.54) is 11.9 Å². The van der Waals surface area contributed by atoms with Crippen molar-refractivity contribution >= 4 is 11.5 Å². The van der Waals surface area contributed by atoms with Gasteiger partial charge in [0.2, 0.25) is 0 Å². The molecule has 3 rings (SSSR count). The molecule has 152 valence electrons. The van der Waals surface area contributed by atoms with Crippen LogP contribution in [0.5, 0.6) is 11.8 Å². The van der Waals surface area contributed by atoms with Gasteiger partial charge in [-0.25, -0.2) is 4.98 Å². The quantitative estimate of drug-likeness (QED) is 0.630. The minimum Gasteiger partial charge on any atom is -0.490 e. The molecule has 0 unspecified atom stereocenters. The minimum atomic E-state index is -4.58. The van der Waals surface area contributed by atoms with E-state index in [0.29, 0.717) is 24.5 Å². The van der Waals surface area contributed by atoms with E-state index < -0.39 is 11.7 Å². The van der Waals surface area contributed by atoms with Crippen LogP contribution in [0.3, 0.4) is 0 Å². The van der Waals surface area contributed by atoms with Gasteiger partial charge in [-0.1, -0.05) is 13.0 Å². The SMILES string of the molecule is CCCOc1ncc(C(F)(F)F)c(N(C)c2cccc(OC3CCCC3)c2)n1. The number of hydrogen-bond acceptors (Lipinski definition) is 5. The van der Waals surface area contributed by atoms with Gasteiger partial charge in [0.25, 0.3) is 0 Å². The van der Waals surface area contributed by atoms with Crippen molar-refractivity contribution in [3.8, 4) is 11.8 Å². The maximum absolute atomic E-state index is 13.5. The van der Waals surface area contributed by atoms with Crippen LogP contribution in [0.2, 0.25) is 0 Å². The maximum Gasteiger partial charge on any atom is 0.421 e. The normalized spacial score (nSPS) is 14.9. The van der Waals surface area contributed by atoms with E-state index in [4.69, 9.17) is 9.47 Å². The van der Waals surface area contributed by atoms with E-state index in [-0.39, 0.29) is 17.9 Å². The molecule has 0 amide bonds. The summed E-state index contributed by atoms with van der Waals surface area (Å²) in [5.74, 6) is 0.382. The second-order valence-corrected chi connectivity index (χ2v) is 6.82. The van der Waals surface area contributed by atoms with Crippen LogP contribution in [0.25, 0.3) is 0 Å². The van der Waals surface area contributed by atoms with Crippen LogP contribution in [-0.2, 0) is 6.18 Å². The average Bonchev–Trinajstić information content (AvgIpc) is 3.18. The molecule has 0 N–H and O–H groups in total. The second-order valence-electron chi connectivity index (χ2n) is 6.82. The standard InChI is InChI=1S/C20H24F3N3O2/c1-3-11-27-19-24-13-17(20(21,22)23)18(25-19)26(2)14-7-6-10-16(12-14)28-15-8-4-5-9-15/h6-7,10,12-13,15H,3-5,8-9,11H2,1-2H3. The van der Waals surface area contributed by atoms with Crippen LogP contribution >= 0.6 is 0 Å². The van der Waals surface area contributed by atoms with Gasteiger partial charge in [0.05, 0.1) is 12.7 Å². The Bertz CT molecular complexity index is 793. The lowest BCUT2D eigenvalue weighted by molar-refractivity contribution is -0.137. The predicted octanol–water partition coefficient (Wildman–Crippen LogP) is 5.37. The molecule has 1 aromatic carbocycles. The first-order valence-corrected chi connectivity index (χ1v) is 9.46. The van der Waals surface area contributed by atoms with Crippen LogP contribution in [0, 0.1) is 0 Å². The van der Waals surface area contributed by atoms with Gasteiger partial charge < -0.3 is 14.4 Å². The highest BCUT2D eigenvalue weighted by Gasteiger charge is 2.37. The molecule has 0 bridgehead atoms. The van der Waals surface area contributed by atoms with Crippen molar-refractivity contribution in [3.05, 3.63) is 36.0 Å². The minimum absolute atomic E-state index is 0.0740. The third-order valence-electron chi connectivity index (χ3n) is 4.61. The van der Waals surface area contributed by atoms with Gasteiger partial charge in [-0.3, -0.25) is 0 Å². The molecule has 1 fully saturated rings. The fourth-order valence-electron chi connectivity index (χ4n) is 3.16. The Morgan fingerprint density at radius 3 is 2.64 bits per heavy atom. The Kier molecular flexibility index (Phi) is 6.26. The number of nitrogens with zero attached hydrogens (tertiary/aromatic N) is 3. The first kappa shape index (κ1) is 20.2. The highest BCUT2D eigenvalue weighted by molar-refractivity contribution is 5.64. The number of halogens is 3. The monoisotopic (exact) mass is 395 g/mol. The molecular formula is C20H24F3N3O2. The summed E-state index contributed by atoms with van der Waals surface area (Å²) in [4.78, 5) is 9.10. The number of hydrogen-bond donors (Lipinski definition) is 0. The van der Waals surface area contributed by atoms with Crippen LogP contribution in [-0.4, -0.2) is 29.7 Å². The number of rotatable bonds is 7. The average molecular weight is 395 g/mol. The molecule has 1 aliphatic carbocycles. The van der Waals surface area contributed by atoms with Crippen molar-refractivity contribution in [3.63, 3.8) is 0 Å². The Morgan fingerprint density at radius 2 is 1.96 bits per heavy atom. The lowest BCUT2D eigenvalue weighted by Crippen LogP contribution is -2.19. The smallest absolute Gasteiger partial charge is 0.421 e. The maximum atomic E-state index is 13.5. The fraction of sp³-hybridized carbons (Fsp3) is 0.500. The van der Waals surface area contributed by atoms with Crippen molar-refractivity contribution < 1.29 is 22.6 Å². The molecule has 0 spiro atoms. The summed E-state index contributed by atoms with van der Waals surface area (Å²) in [7, 11) is 1.54. The van der Waals surface area contributed by atoms with Gasteiger partial charge in [-0.05, 0) is 44.2 Å². The highest BCUT2D eigenvalue weighted by Crippen LogP contribution is 2.38. The van der Waals surface area contributed by atoms with Crippen LogP contribution in [0.15, 0.2) is 30.5 Å². The molecule has 1 aromatic heterocycles. The van der Waals surface area contributed by atoms with Gasteiger partial charge in [-0.15, -0.1) is 0 Å². The van der Waals surface area contributed by atoms with Crippen molar-refractivity contribution in [2.45, 2.75) is 51.3 Å². The molecule has 0 atom stereocenters. The molecule has 1 heterocycles. The van der Waals surface area contributed by atoms with Crippen LogP contribution < -0.4 is 14.4 Å². The molecule has 0 saturated heterocycles. The van der Waals surface area contributed by atoms with Gasteiger partial charge in [0.15, 0.2) is 5.82 Å². The zero-order valence-electron chi connectivity index (χ0n) is 16.0. The molecule has 1 aliphatic rings. The van der Waals surface area contributed by atoms with E-state index in [1.807, 2.05) is 13.0 Å². The van der Waals surface area contributed by atoms with E-state index in [2.05, 4.69) is 9.97 Å². The molecule has 5 nitrogen and oxygen atoms in total. The summed E-state index contributed by atoms with van der Waals surface area (Å²) in [6.45, 7) is 2.23. The number of anilines is 2. The van der Waals surface area contributed by atoms with Crippen molar-refractivity contribution in [2.24, 2.45) is 0 Å². The van der Waals surface area contributed by atoms with Crippen molar-refractivity contribution in [2.75, 3.05) is 18.6 Å². The molecule has 28 heavy (non-hydrogen) atoms. The number of alkyl halides is 3. The fourth-order valence-corrected chi connectivity index (χ4v) is 3.16. The number of ether oxygens (including phenoxy) is 2. The Hall–Kier alpha value is -2.51. The van der Waals surface area contributed by atoms with Gasteiger partial charge in [-0.2, -0.15) is 18.2 Å². The molecule has 2 aromatic rings. The lowest BCUT2D eigenvalue weighted by Gasteiger charge is -2.23. The number of aromatic nitrogens is 2. The third kappa shape index (κ3) is 4.85. The Morgan fingerprint density at radius 1 is 1.21 bits per heavy atom. The number of benzene rings is 1. The van der Waals surface area contributed by atoms with Gasteiger partial charge in [0, 0.05) is 25.0 Å². The Balaban J connectivity index is 1.90. The summed E-state index contributed by atoms with van der Waals surface area (Å²) in [5.41, 5.74) is -0.373. The zero-order valence-corrected chi connectivity index (χ0v) is 16.0. The first-order valence-electron chi connectivity index (χ1n) is 9.46. The summed E-state index contributed by atoms with van der Waals surface area (Å²) >= 11 is 0. The van der Waals surface area contributed by atoms with Gasteiger partial charge in [0.1, 0.15) is 11.3 Å². The van der Waals surface area contributed by atoms with Gasteiger partial charge >= 0.3 is 12.2 Å². The molecule has 1 saturated carbocycles. The first-order chi connectivity index (χ1) is 13.4. The van der Waals surface area contributed by atoms with E-state index >= 15 is 0 Å². The molecule has 0 radical (unpaired) electrons. The second kappa shape index (κ2) is 8.67. The molecule has 0 aliphatic heterocycles.